The van der Waals surface area contributed by atoms with Gasteiger partial charge in [0.1, 0.15) is 0 Å². The van der Waals surface area contributed by atoms with Crippen molar-refractivity contribution >= 4 is 0 Å². The first-order valence-corrected chi connectivity index (χ1v) is 3.05. The van der Waals surface area contributed by atoms with Gasteiger partial charge in [-0.2, -0.15) is 0 Å². The van der Waals surface area contributed by atoms with E-state index in [1.165, 1.54) is 0 Å². The van der Waals surface area contributed by atoms with E-state index in [0.717, 1.165) is 18.4 Å². The van der Waals surface area contributed by atoms with E-state index in [0.29, 0.717) is 0 Å². The molecular weight excluding hydrogens is 108 g/mol. The molecule has 0 atom stereocenters. The van der Waals surface area contributed by atoms with Crippen LogP contribution in [0.15, 0.2) is 24.3 Å². The summed E-state index contributed by atoms with van der Waals surface area (Å²) in [4.78, 5) is 0. The summed E-state index contributed by atoms with van der Waals surface area (Å²) in [7, 11) is 0. The van der Waals surface area contributed by atoms with Crippen molar-refractivity contribution in [3.8, 4) is 12.3 Å². The Kier molecular flexibility index (Phi) is 4.63. The highest BCUT2D eigenvalue weighted by Gasteiger charge is 1.83. The van der Waals surface area contributed by atoms with Crippen molar-refractivity contribution < 1.29 is 0 Å². The Hall–Kier alpha value is -0.960. The molecule has 0 nitrogen and oxygen atoms in total. The van der Waals surface area contributed by atoms with Gasteiger partial charge in [0.2, 0.25) is 0 Å². The quantitative estimate of drug-likeness (QED) is 0.396. The Labute approximate surface area is 57.3 Å². The molecule has 0 heterocycles. The normalized spacial score (nSPS) is 9.33. The second kappa shape index (κ2) is 5.18. The molecule has 0 aliphatic carbocycles. The molecule has 0 aromatic carbocycles. The summed E-state index contributed by atoms with van der Waals surface area (Å²) in [6, 6.07) is 0. The molecule has 0 aliphatic heterocycles. The van der Waals surface area contributed by atoms with Crippen LogP contribution in [-0.4, -0.2) is 0 Å². The van der Waals surface area contributed by atoms with Gasteiger partial charge in [0.15, 0.2) is 0 Å². The molecule has 0 aliphatic rings. The number of rotatable bonds is 3. The zero-order valence-electron chi connectivity index (χ0n) is 5.85. The third-order valence-electron chi connectivity index (χ3n) is 0.993. The van der Waals surface area contributed by atoms with Crippen LogP contribution in [-0.2, 0) is 0 Å². The number of hydrogen-bond donors (Lipinski definition) is 0. The summed E-state index contributed by atoms with van der Waals surface area (Å²) in [6.45, 7) is 5.77. The van der Waals surface area contributed by atoms with Crippen molar-refractivity contribution in [3.05, 3.63) is 24.3 Å². The summed E-state index contributed by atoms with van der Waals surface area (Å²) >= 11 is 0. The molecule has 0 saturated heterocycles. The highest BCUT2D eigenvalue weighted by atomic mass is 13.9. The summed E-state index contributed by atoms with van der Waals surface area (Å²) in [5, 5.41) is 0. The van der Waals surface area contributed by atoms with E-state index in [1.807, 2.05) is 19.1 Å². The molecule has 0 fully saturated rings. The van der Waals surface area contributed by atoms with E-state index in [-0.39, 0.29) is 0 Å². The minimum Gasteiger partial charge on any atom is -0.120 e. The third kappa shape index (κ3) is 4.90. The van der Waals surface area contributed by atoms with Crippen LogP contribution in [0.3, 0.4) is 0 Å². The summed E-state index contributed by atoms with van der Waals surface area (Å²) in [5.74, 6) is 2.56. The van der Waals surface area contributed by atoms with Crippen LogP contribution < -0.4 is 0 Å². The Balaban J connectivity index is 3.42. The molecule has 0 saturated carbocycles. The average Bonchev–Trinajstić information content (AvgIpc) is 1.85. The van der Waals surface area contributed by atoms with Crippen LogP contribution in [0.5, 0.6) is 0 Å². The molecule has 0 spiro atoms. The lowest BCUT2D eigenvalue weighted by molar-refractivity contribution is 1.04. The molecule has 0 aromatic rings. The lowest BCUT2D eigenvalue weighted by Crippen LogP contribution is -1.72. The first-order chi connectivity index (χ1) is 4.31. The van der Waals surface area contributed by atoms with E-state index in [4.69, 9.17) is 6.42 Å². The van der Waals surface area contributed by atoms with Crippen molar-refractivity contribution in [2.24, 2.45) is 0 Å². The Bertz CT molecular complexity index is 144. The fourth-order valence-corrected chi connectivity index (χ4v) is 0.552. The van der Waals surface area contributed by atoms with E-state index in [1.54, 1.807) is 0 Å². The van der Waals surface area contributed by atoms with E-state index in [9.17, 15) is 0 Å². The molecule has 0 N–H and O–H groups in total. The molecule has 0 bridgehead atoms. The van der Waals surface area contributed by atoms with Crippen molar-refractivity contribution in [1.82, 2.24) is 0 Å². The largest absolute Gasteiger partial charge is 0.120 e. The number of hydrogen-bond acceptors (Lipinski definition) is 0. The first-order valence-electron chi connectivity index (χ1n) is 3.05. The maximum Gasteiger partial charge on any atom is 0.0126 e. The van der Waals surface area contributed by atoms with Gasteiger partial charge in [-0.15, -0.1) is 12.3 Å². The van der Waals surface area contributed by atoms with Crippen LogP contribution in [0, 0.1) is 12.3 Å². The first kappa shape index (κ1) is 8.04. The lowest BCUT2D eigenvalue weighted by atomic mass is 10.1. The van der Waals surface area contributed by atoms with Gasteiger partial charge in [0.05, 0.1) is 0 Å². The zero-order chi connectivity index (χ0) is 7.11. The zero-order valence-corrected chi connectivity index (χ0v) is 5.85. The van der Waals surface area contributed by atoms with Gasteiger partial charge in [-0.25, -0.2) is 0 Å². The van der Waals surface area contributed by atoms with Gasteiger partial charge in [0.25, 0.3) is 0 Å². The van der Waals surface area contributed by atoms with Crippen LogP contribution >= 0.6 is 0 Å². The molecule has 0 heteroatoms. The van der Waals surface area contributed by atoms with Crippen molar-refractivity contribution in [2.75, 3.05) is 0 Å². The molecule has 0 radical (unpaired) electrons. The summed E-state index contributed by atoms with van der Waals surface area (Å²) in [5.41, 5.74) is 1.11. The minimum absolute atomic E-state index is 0.795. The fourth-order valence-electron chi connectivity index (χ4n) is 0.552. The van der Waals surface area contributed by atoms with Crippen molar-refractivity contribution in [1.29, 1.82) is 0 Å². The van der Waals surface area contributed by atoms with Gasteiger partial charge >= 0.3 is 0 Å². The van der Waals surface area contributed by atoms with Gasteiger partial charge in [-0.1, -0.05) is 24.3 Å². The fraction of sp³-hybridized carbons (Fsp3) is 0.333. The van der Waals surface area contributed by atoms with E-state index >= 15 is 0 Å². The third-order valence-corrected chi connectivity index (χ3v) is 0.993. The molecule has 0 unspecified atom stereocenters. The van der Waals surface area contributed by atoms with Gasteiger partial charge in [-0.05, 0) is 13.3 Å². The molecule has 0 amide bonds. The van der Waals surface area contributed by atoms with Crippen molar-refractivity contribution in [3.63, 3.8) is 0 Å². The summed E-state index contributed by atoms with van der Waals surface area (Å²) < 4.78 is 0. The van der Waals surface area contributed by atoms with Crippen LogP contribution in [0.1, 0.15) is 19.8 Å². The van der Waals surface area contributed by atoms with Crippen LogP contribution in [0.4, 0.5) is 0 Å². The predicted molar refractivity (Wildman–Crippen MR) is 42.0 cm³/mol. The SMILES string of the molecule is C#CCCC(=C)C=CC. The number of allylic oxidation sites excluding steroid dienone is 3. The highest BCUT2D eigenvalue weighted by Crippen LogP contribution is 2.01. The van der Waals surface area contributed by atoms with E-state index in [2.05, 4.69) is 12.5 Å². The Morgan fingerprint density at radius 3 is 2.89 bits per heavy atom. The Morgan fingerprint density at radius 1 is 1.78 bits per heavy atom. The monoisotopic (exact) mass is 120 g/mol. The van der Waals surface area contributed by atoms with Crippen molar-refractivity contribution in [2.45, 2.75) is 19.8 Å². The number of terminal acetylenes is 1. The molecule has 48 valence electrons. The Morgan fingerprint density at radius 2 is 2.44 bits per heavy atom. The second-order valence-electron chi connectivity index (χ2n) is 1.86. The predicted octanol–water partition coefficient (Wildman–Crippen LogP) is 2.53. The lowest BCUT2D eigenvalue weighted by Gasteiger charge is -1.91. The maximum absolute atomic E-state index is 5.06. The van der Waals surface area contributed by atoms with Crippen LogP contribution in [0.2, 0.25) is 0 Å². The standard InChI is InChI=1S/C9H12/c1-4-6-8-9(3)7-5-2/h1,5,7H,3,6,8H2,2H3. The average molecular weight is 120 g/mol. The highest BCUT2D eigenvalue weighted by molar-refractivity contribution is 5.14. The van der Waals surface area contributed by atoms with Crippen LogP contribution in [0.25, 0.3) is 0 Å². The van der Waals surface area contributed by atoms with Gasteiger partial charge in [-0.3, -0.25) is 0 Å². The second-order valence-corrected chi connectivity index (χ2v) is 1.86. The smallest absolute Gasteiger partial charge is 0.0126 e. The van der Waals surface area contributed by atoms with Gasteiger partial charge in [0, 0.05) is 6.42 Å². The molecule has 0 aromatic heterocycles. The molecule has 0 rings (SSSR count). The summed E-state index contributed by atoms with van der Waals surface area (Å²) in [6.07, 6.45) is 10.7. The van der Waals surface area contributed by atoms with Gasteiger partial charge < -0.3 is 0 Å². The molecular formula is C9H12. The maximum atomic E-state index is 5.06. The topological polar surface area (TPSA) is 0 Å². The molecule has 9 heavy (non-hydrogen) atoms. The van der Waals surface area contributed by atoms with E-state index < -0.39 is 0 Å². The minimum atomic E-state index is 0.795.